The molecule has 1 aromatic carbocycles. The molecule has 1 fully saturated rings. The SMILES string of the molecule is I.NC(=NCc1nc(-c2ccc(Cl)cc2)no1)N1CCCCCC1. The molecular weight excluding hydrogens is 441 g/mol. The summed E-state index contributed by atoms with van der Waals surface area (Å²) in [5, 5.41) is 4.64. The van der Waals surface area contributed by atoms with E-state index in [0.29, 0.717) is 29.2 Å². The Morgan fingerprint density at radius 1 is 1.17 bits per heavy atom. The average Bonchev–Trinajstić information content (AvgIpc) is 2.86. The van der Waals surface area contributed by atoms with E-state index in [1.807, 2.05) is 12.1 Å². The number of hydrogen-bond acceptors (Lipinski definition) is 4. The van der Waals surface area contributed by atoms with Crippen LogP contribution in [0.2, 0.25) is 5.02 Å². The van der Waals surface area contributed by atoms with Gasteiger partial charge in [-0.1, -0.05) is 29.6 Å². The van der Waals surface area contributed by atoms with Gasteiger partial charge in [0.2, 0.25) is 11.7 Å². The molecule has 0 aliphatic carbocycles. The molecule has 2 aromatic rings. The number of likely N-dealkylation sites (tertiary alicyclic amines) is 1. The van der Waals surface area contributed by atoms with E-state index in [1.165, 1.54) is 12.8 Å². The Kier molecular flexibility index (Phi) is 7.29. The van der Waals surface area contributed by atoms with Crippen LogP contribution in [0.5, 0.6) is 0 Å². The third kappa shape index (κ3) is 5.07. The predicted molar refractivity (Wildman–Crippen MR) is 106 cm³/mol. The fraction of sp³-hybridized carbons (Fsp3) is 0.438. The highest BCUT2D eigenvalue weighted by Gasteiger charge is 2.12. The van der Waals surface area contributed by atoms with Gasteiger partial charge in [-0.3, -0.25) is 0 Å². The van der Waals surface area contributed by atoms with Crippen molar-refractivity contribution >= 4 is 41.5 Å². The van der Waals surface area contributed by atoms with E-state index >= 15 is 0 Å². The lowest BCUT2D eigenvalue weighted by molar-refractivity contribution is 0.378. The summed E-state index contributed by atoms with van der Waals surface area (Å²) in [7, 11) is 0. The van der Waals surface area contributed by atoms with Crippen LogP contribution in [0.15, 0.2) is 33.8 Å². The molecule has 24 heavy (non-hydrogen) atoms. The molecular formula is C16H21ClIN5O. The Bertz CT molecular complexity index is 665. The minimum absolute atomic E-state index is 0. The van der Waals surface area contributed by atoms with Gasteiger partial charge in [-0.2, -0.15) is 4.98 Å². The highest BCUT2D eigenvalue weighted by Crippen LogP contribution is 2.18. The van der Waals surface area contributed by atoms with Crippen molar-refractivity contribution < 1.29 is 4.52 Å². The third-order valence-corrected chi connectivity index (χ3v) is 4.13. The van der Waals surface area contributed by atoms with Crippen molar-refractivity contribution in [1.82, 2.24) is 15.0 Å². The Morgan fingerprint density at radius 3 is 2.50 bits per heavy atom. The fourth-order valence-corrected chi connectivity index (χ4v) is 2.71. The summed E-state index contributed by atoms with van der Waals surface area (Å²) in [4.78, 5) is 10.9. The molecule has 0 bridgehead atoms. The maximum absolute atomic E-state index is 6.07. The predicted octanol–water partition coefficient (Wildman–Crippen LogP) is 3.70. The first-order valence-corrected chi connectivity index (χ1v) is 8.23. The molecule has 0 spiro atoms. The average molecular weight is 462 g/mol. The van der Waals surface area contributed by atoms with Crippen LogP contribution in [0.1, 0.15) is 31.6 Å². The van der Waals surface area contributed by atoms with E-state index in [2.05, 4.69) is 20.0 Å². The van der Waals surface area contributed by atoms with E-state index in [-0.39, 0.29) is 24.0 Å². The van der Waals surface area contributed by atoms with Crippen LogP contribution in [0.3, 0.4) is 0 Å². The van der Waals surface area contributed by atoms with E-state index in [1.54, 1.807) is 12.1 Å². The van der Waals surface area contributed by atoms with Crippen molar-refractivity contribution in [2.45, 2.75) is 32.2 Å². The van der Waals surface area contributed by atoms with Gasteiger partial charge in [0.25, 0.3) is 0 Å². The van der Waals surface area contributed by atoms with Crippen molar-refractivity contribution in [3.05, 3.63) is 35.2 Å². The highest BCUT2D eigenvalue weighted by atomic mass is 127. The summed E-state index contributed by atoms with van der Waals surface area (Å²) >= 11 is 5.87. The standard InChI is InChI=1S/C16H20ClN5O.HI/c17-13-7-5-12(6-8-13)15-20-14(23-21-15)11-19-16(18)22-9-3-1-2-4-10-22;/h5-8H,1-4,9-11H2,(H2,18,19);1H. The van der Waals surface area contributed by atoms with Gasteiger partial charge in [-0.25, -0.2) is 4.99 Å². The number of aromatic nitrogens is 2. The fourth-order valence-electron chi connectivity index (χ4n) is 2.58. The number of hydrogen-bond donors (Lipinski definition) is 1. The van der Waals surface area contributed by atoms with Gasteiger partial charge in [-0.15, -0.1) is 24.0 Å². The minimum atomic E-state index is 0. The second-order valence-corrected chi connectivity index (χ2v) is 6.03. The van der Waals surface area contributed by atoms with Gasteiger partial charge in [-0.05, 0) is 37.1 Å². The molecule has 8 heteroatoms. The van der Waals surface area contributed by atoms with Gasteiger partial charge in [0, 0.05) is 23.7 Å². The molecule has 0 saturated carbocycles. The second-order valence-electron chi connectivity index (χ2n) is 5.59. The van der Waals surface area contributed by atoms with E-state index in [0.717, 1.165) is 31.5 Å². The minimum Gasteiger partial charge on any atom is -0.370 e. The van der Waals surface area contributed by atoms with Gasteiger partial charge in [0.05, 0.1) is 0 Å². The summed E-state index contributed by atoms with van der Waals surface area (Å²) in [5.41, 5.74) is 6.93. The lowest BCUT2D eigenvalue weighted by Crippen LogP contribution is -2.38. The third-order valence-electron chi connectivity index (χ3n) is 3.88. The molecule has 1 aliphatic rings. The molecule has 3 rings (SSSR count). The molecule has 2 N–H and O–H groups in total. The van der Waals surface area contributed by atoms with Crippen LogP contribution < -0.4 is 5.73 Å². The highest BCUT2D eigenvalue weighted by molar-refractivity contribution is 14.0. The van der Waals surface area contributed by atoms with Crippen molar-refractivity contribution in [3.8, 4) is 11.4 Å². The van der Waals surface area contributed by atoms with Crippen molar-refractivity contribution in [2.75, 3.05) is 13.1 Å². The quantitative estimate of drug-likeness (QED) is 0.428. The Balaban J connectivity index is 0.00000208. The molecule has 0 amide bonds. The summed E-state index contributed by atoms with van der Waals surface area (Å²) in [6.07, 6.45) is 4.85. The number of rotatable bonds is 3. The Morgan fingerprint density at radius 2 is 1.83 bits per heavy atom. The van der Waals surface area contributed by atoms with E-state index in [4.69, 9.17) is 21.9 Å². The number of guanidine groups is 1. The zero-order valence-electron chi connectivity index (χ0n) is 13.3. The summed E-state index contributed by atoms with van der Waals surface area (Å²) in [6.45, 7) is 2.23. The molecule has 2 heterocycles. The molecule has 0 unspecified atom stereocenters. The summed E-state index contributed by atoms with van der Waals surface area (Å²) < 4.78 is 5.24. The maximum atomic E-state index is 6.07. The summed E-state index contributed by atoms with van der Waals surface area (Å²) in [5.74, 6) is 1.53. The number of benzene rings is 1. The number of nitrogens with zero attached hydrogens (tertiary/aromatic N) is 4. The van der Waals surface area contributed by atoms with Gasteiger partial charge < -0.3 is 15.2 Å². The van der Waals surface area contributed by atoms with Crippen LogP contribution in [0.25, 0.3) is 11.4 Å². The molecule has 1 saturated heterocycles. The largest absolute Gasteiger partial charge is 0.370 e. The van der Waals surface area contributed by atoms with Crippen molar-refractivity contribution in [3.63, 3.8) is 0 Å². The van der Waals surface area contributed by atoms with Crippen LogP contribution in [0.4, 0.5) is 0 Å². The molecule has 1 aliphatic heterocycles. The lowest BCUT2D eigenvalue weighted by Gasteiger charge is -2.20. The normalized spacial score (nSPS) is 15.7. The lowest BCUT2D eigenvalue weighted by atomic mass is 10.2. The van der Waals surface area contributed by atoms with Gasteiger partial charge in [0.1, 0.15) is 6.54 Å². The topological polar surface area (TPSA) is 80.5 Å². The van der Waals surface area contributed by atoms with Crippen LogP contribution >= 0.6 is 35.6 Å². The zero-order chi connectivity index (χ0) is 16.1. The first kappa shape index (κ1) is 19.0. The van der Waals surface area contributed by atoms with Crippen LogP contribution in [0, 0.1) is 0 Å². The molecule has 6 nitrogen and oxygen atoms in total. The van der Waals surface area contributed by atoms with Gasteiger partial charge in [0.15, 0.2) is 5.96 Å². The zero-order valence-corrected chi connectivity index (χ0v) is 16.4. The number of halogens is 2. The smallest absolute Gasteiger partial charge is 0.248 e. The van der Waals surface area contributed by atoms with Crippen LogP contribution in [-0.2, 0) is 6.54 Å². The first-order chi connectivity index (χ1) is 11.2. The van der Waals surface area contributed by atoms with E-state index in [9.17, 15) is 0 Å². The van der Waals surface area contributed by atoms with Crippen LogP contribution in [-0.4, -0.2) is 34.1 Å². The first-order valence-electron chi connectivity index (χ1n) is 7.86. The molecule has 1 aromatic heterocycles. The number of aliphatic imine (C=N–C) groups is 1. The Labute approximate surface area is 163 Å². The number of nitrogens with two attached hydrogens (primary N) is 1. The second kappa shape index (κ2) is 9.22. The molecule has 0 atom stereocenters. The van der Waals surface area contributed by atoms with Crippen molar-refractivity contribution in [1.29, 1.82) is 0 Å². The maximum Gasteiger partial charge on any atom is 0.248 e. The van der Waals surface area contributed by atoms with Gasteiger partial charge >= 0.3 is 0 Å². The molecule has 0 radical (unpaired) electrons. The van der Waals surface area contributed by atoms with Crippen molar-refractivity contribution in [2.24, 2.45) is 10.7 Å². The summed E-state index contributed by atoms with van der Waals surface area (Å²) in [6, 6.07) is 7.29. The monoisotopic (exact) mass is 461 g/mol. The Hall–Kier alpha value is -1.35. The molecule has 130 valence electrons. The van der Waals surface area contributed by atoms with E-state index < -0.39 is 0 Å².